The molecule has 5 nitrogen and oxygen atoms in total. The summed E-state index contributed by atoms with van der Waals surface area (Å²) in [6.45, 7) is 14.7. The van der Waals surface area contributed by atoms with E-state index in [0.29, 0.717) is 11.3 Å². The topological polar surface area (TPSA) is 64.6 Å². The summed E-state index contributed by atoms with van der Waals surface area (Å²) in [5, 5.41) is 2.99. The Labute approximate surface area is 164 Å². The van der Waals surface area contributed by atoms with Crippen LogP contribution in [0.3, 0.4) is 0 Å². The number of ketones is 1. The van der Waals surface area contributed by atoms with Crippen LogP contribution in [0, 0.1) is 11.8 Å². The largest absolute Gasteiger partial charge is 0.496 e. The zero-order valence-electron chi connectivity index (χ0n) is 17.8. The lowest BCUT2D eigenvalue weighted by Crippen LogP contribution is -2.66. The van der Waals surface area contributed by atoms with Crippen molar-refractivity contribution >= 4 is 20.0 Å². The zero-order valence-corrected chi connectivity index (χ0v) is 18.8. The minimum atomic E-state index is -2.00. The van der Waals surface area contributed by atoms with E-state index in [1.165, 1.54) is 0 Å². The highest BCUT2D eigenvalue weighted by Crippen LogP contribution is 2.40. The summed E-state index contributed by atoms with van der Waals surface area (Å²) in [5.74, 6) is -0.169. The van der Waals surface area contributed by atoms with Crippen LogP contribution in [0.15, 0.2) is 24.3 Å². The van der Waals surface area contributed by atoms with Gasteiger partial charge < -0.3 is 14.5 Å². The Morgan fingerprint density at radius 3 is 2.30 bits per heavy atom. The molecule has 1 aromatic rings. The first-order valence-electron chi connectivity index (χ1n) is 9.56. The number of hydrogen-bond donors (Lipinski definition) is 1. The first-order chi connectivity index (χ1) is 12.4. The maximum atomic E-state index is 13.0. The van der Waals surface area contributed by atoms with Crippen molar-refractivity contribution in [3.05, 3.63) is 29.8 Å². The maximum absolute atomic E-state index is 13.0. The molecule has 1 heterocycles. The van der Waals surface area contributed by atoms with Gasteiger partial charge in [0.25, 0.3) is 0 Å². The van der Waals surface area contributed by atoms with Crippen LogP contribution in [0.2, 0.25) is 18.1 Å². The van der Waals surface area contributed by atoms with Crippen molar-refractivity contribution < 1.29 is 18.8 Å². The third-order valence-corrected chi connectivity index (χ3v) is 10.7. The number of nitrogens with one attached hydrogen (secondary N) is 1. The number of ether oxygens (including phenoxy) is 1. The first kappa shape index (κ1) is 21.6. The summed E-state index contributed by atoms with van der Waals surface area (Å²) in [4.78, 5) is 25.3. The van der Waals surface area contributed by atoms with Gasteiger partial charge in [-0.2, -0.15) is 0 Å². The van der Waals surface area contributed by atoms with Crippen molar-refractivity contribution in [2.75, 3.05) is 7.11 Å². The Balaban J connectivity index is 2.16. The number of carbonyl (C=O) groups is 2. The van der Waals surface area contributed by atoms with E-state index in [-0.39, 0.29) is 40.7 Å². The molecular weight excluding hydrogens is 358 g/mol. The second-order valence-corrected chi connectivity index (χ2v) is 13.8. The van der Waals surface area contributed by atoms with Crippen molar-refractivity contribution in [3.63, 3.8) is 0 Å². The number of amides is 1. The molecule has 1 aliphatic rings. The van der Waals surface area contributed by atoms with Crippen LogP contribution in [0.25, 0.3) is 0 Å². The average molecular weight is 392 g/mol. The van der Waals surface area contributed by atoms with Gasteiger partial charge in [-0.3, -0.25) is 9.59 Å². The Hall–Kier alpha value is -1.66. The molecule has 27 heavy (non-hydrogen) atoms. The van der Waals surface area contributed by atoms with E-state index < -0.39 is 8.32 Å². The highest BCUT2D eigenvalue weighted by atomic mass is 28.4. The second-order valence-electron chi connectivity index (χ2n) is 9.00. The fourth-order valence-electron chi connectivity index (χ4n) is 3.33. The SMILES string of the molecule is COc1ccccc1C(=O)[C@H](C)[C@H]1NC(=O)[C@@H]1[C@@H](C)O[Si](C)(C)C(C)(C)C. The van der Waals surface area contributed by atoms with Crippen molar-refractivity contribution in [2.45, 2.75) is 64.9 Å². The normalized spacial score (nSPS) is 22.4. The van der Waals surface area contributed by atoms with Crippen LogP contribution < -0.4 is 10.1 Å². The standard InChI is InChI=1S/C21H33NO4Si/c1-13(19(23)15-11-9-10-12-16(15)25-6)18-17(20(24)22-18)14(2)26-27(7,8)21(3,4)5/h9-14,17-18H,1-8H3,(H,22,24)/t13-,14-,17-,18-/m1/s1. The molecule has 1 aliphatic heterocycles. The van der Waals surface area contributed by atoms with Crippen LogP contribution in [0.4, 0.5) is 0 Å². The summed E-state index contributed by atoms with van der Waals surface area (Å²) in [5.41, 5.74) is 0.547. The molecule has 1 saturated heterocycles. The van der Waals surface area contributed by atoms with Gasteiger partial charge >= 0.3 is 0 Å². The summed E-state index contributed by atoms with van der Waals surface area (Å²) < 4.78 is 11.7. The van der Waals surface area contributed by atoms with E-state index in [4.69, 9.17) is 9.16 Å². The Morgan fingerprint density at radius 2 is 1.78 bits per heavy atom. The van der Waals surface area contributed by atoms with Crippen molar-refractivity contribution in [2.24, 2.45) is 11.8 Å². The molecule has 1 fully saturated rings. The summed E-state index contributed by atoms with van der Waals surface area (Å²) in [6, 6.07) is 6.98. The second kappa shape index (κ2) is 7.76. The average Bonchev–Trinajstić information content (AvgIpc) is 2.56. The quantitative estimate of drug-likeness (QED) is 0.433. The van der Waals surface area contributed by atoms with Gasteiger partial charge in [-0.25, -0.2) is 0 Å². The monoisotopic (exact) mass is 391 g/mol. The number of carbonyl (C=O) groups excluding carboxylic acids is 2. The van der Waals surface area contributed by atoms with E-state index in [0.717, 1.165) is 0 Å². The molecule has 0 radical (unpaired) electrons. The summed E-state index contributed by atoms with van der Waals surface area (Å²) >= 11 is 0. The molecule has 0 spiro atoms. The number of methoxy groups -OCH3 is 1. The van der Waals surface area contributed by atoms with E-state index in [2.05, 4.69) is 39.2 Å². The molecule has 4 atom stereocenters. The van der Waals surface area contributed by atoms with Crippen LogP contribution in [-0.4, -0.2) is 39.3 Å². The lowest BCUT2D eigenvalue weighted by atomic mass is 9.76. The molecule has 150 valence electrons. The molecular formula is C21H33NO4Si. The number of β-lactam (4-membered cyclic amide) rings is 1. The number of benzene rings is 1. The predicted octanol–water partition coefficient (Wildman–Crippen LogP) is 4.04. The van der Waals surface area contributed by atoms with Gasteiger partial charge in [0.15, 0.2) is 14.1 Å². The third-order valence-electron chi connectivity index (χ3n) is 6.12. The van der Waals surface area contributed by atoms with Gasteiger partial charge in [0.05, 0.1) is 30.7 Å². The lowest BCUT2D eigenvalue weighted by Gasteiger charge is -2.47. The van der Waals surface area contributed by atoms with Gasteiger partial charge in [0, 0.05) is 5.92 Å². The third kappa shape index (κ3) is 4.27. The van der Waals surface area contributed by atoms with Gasteiger partial charge in [-0.1, -0.05) is 39.8 Å². The Morgan fingerprint density at radius 1 is 1.19 bits per heavy atom. The van der Waals surface area contributed by atoms with Crippen molar-refractivity contribution in [3.8, 4) is 5.75 Å². The van der Waals surface area contributed by atoms with Crippen LogP contribution in [0.5, 0.6) is 5.75 Å². The number of hydrogen-bond acceptors (Lipinski definition) is 4. The van der Waals surface area contributed by atoms with Crippen LogP contribution in [0.1, 0.15) is 45.0 Å². The molecule has 0 bridgehead atoms. The van der Waals surface area contributed by atoms with Gasteiger partial charge in [0.1, 0.15) is 5.75 Å². The predicted molar refractivity (Wildman–Crippen MR) is 110 cm³/mol. The molecule has 6 heteroatoms. The Bertz CT molecular complexity index is 710. The Kier molecular flexibility index (Phi) is 6.22. The van der Waals surface area contributed by atoms with E-state index in [9.17, 15) is 9.59 Å². The molecule has 2 rings (SSSR count). The smallest absolute Gasteiger partial charge is 0.228 e. The fourth-order valence-corrected chi connectivity index (χ4v) is 4.76. The first-order valence-corrected chi connectivity index (χ1v) is 12.5. The van der Waals surface area contributed by atoms with E-state index in [1.54, 1.807) is 19.2 Å². The molecule has 0 aromatic heterocycles. The summed E-state index contributed by atoms with van der Waals surface area (Å²) in [6.07, 6.45) is -0.224. The molecule has 0 saturated carbocycles. The van der Waals surface area contributed by atoms with Gasteiger partial charge in [-0.05, 0) is 37.2 Å². The molecule has 0 aliphatic carbocycles. The maximum Gasteiger partial charge on any atom is 0.228 e. The fraction of sp³-hybridized carbons (Fsp3) is 0.619. The highest BCUT2D eigenvalue weighted by Gasteiger charge is 2.50. The van der Waals surface area contributed by atoms with Gasteiger partial charge in [0.2, 0.25) is 5.91 Å². The zero-order chi connectivity index (χ0) is 20.6. The number of Topliss-reactive ketones (excluding diaryl/α,β-unsaturated/α-hetero) is 1. The van der Waals surface area contributed by atoms with Gasteiger partial charge in [-0.15, -0.1) is 0 Å². The minimum Gasteiger partial charge on any atom is -0.496 e. The molecule has 1 N–H and O–H groups in total. The van der Waals surface area contributed by atoms with Crippen molar-refractivity contribution in [1.82, 2.24) is 5.32 Å². The molecule has 0 unspecified atom stereocenters. The molecule has 1 aromatic carbocycles. The number of para-hydroxylation sites is 1. The van der Waals surface area contributed by atoms with Crippen molar-refractivity contribution in [1.29, 1.82) is 0 Å². The minimum absolute atomic E-state index is 0.0259. The summed E-state index contributed by atoms with van der Waals surface area (Å²) in [7, 11) is -0.442. The number of rotatable bonds is 7. The van der Waals surface area contributed by atoms with Crippen LogP contribution in [-0.2, 0) is 9.22 Å². The highest BCUT2D eigenvalue weighted by molar-refractivity contribution is 6.74. The van der Waals surface area contributed by atoms with Crippen LogP contribution >= 0.6 is 0 Å². The lowest BCUT2D eigenvalue weighted by molar-refractivity contribution is -0.141. The van der Waals surface area contributed by atoms with E-state index >= 15 is 0 Å². The van der Waals surface area contributed by atoms with E-state index in [1.807, 2.05) is 26.0 Å². The molecule has 1 amide bonds.